The molecule has 2 heterocycles. The smallest absolute Gasteiger partial charge is 0.350 e. The summed E-state index contributed by atoms with van der Waals surface area (Å²) in [5.74, 6) is 1.96. The van der Waals surface area contributed by atoms with E-state index in [1.807, 2.05) is 13.8 Å². The maximum absolute atomic E-state index is 13.4. The average Bonchev–Trinajstić information content (AvgIpc) is 3.13. The molecule has 3 rings (SSSR count). The van der Waals surface area contributed by atoms with Crippen molar-refractivity contribution < 1.29 is 18.0 Å². The number of hydrogen-bond donors (Lipinski definition) is 1. The second-order valence-electron chi connectivity index (χ2n) is 10.4. The third kappa shape index (κ3) is 6.19. The first-order chi connectivity index (χ1) is 16.4. The summed E-state index contributed by atoms with van der Waals surface area (Å²) in [4.78, 5) is 21.9. The second-order valence-corrected chi connectivity index (χ2v) is 10.8. The fourth-order valence-electron chi connectivity index (χ4n) is 4.62. The number of nitrogens with zero attached hydrogens (tertiary/aromatic N) is 3. The molecule has 1 amide bonds. The Bertz CT molecular complexity index is 1040. The Hall–Kier alpha value is -2.09. The molecule has 0 spiro atoms. The van der Waals surface area contributed by atoms with Crippen LogP contribution in [0.5, 0.6) is 0 Å². The maximum atomic E-state index is 13.4. The van der Waals surface area contributed by atoms with Crippen molar-refractivity contribution in [1.29, 1.82) is 0 Å². The van der Waals surface area contributed by atoms with E-state index in [2.05, 4.69) is 22.2 Å². The van der Waals surface area contributed by atoms with Gasteiger partial charge in [0, 0.05) is 19.2 Å². The van der Waals surface area contributed by atoms with Crippen LogP contribution in [0.4, 0.5) is 13.2 Å². The summed E-state index contributed by atoms with van der Waals surface area (Å²) in [6.07, 6.45) is 2.58. The molecule has 0 radical (unpaired) electrons. The maximum Gasteiger partial charge on any atom is 0.394 e. The lowest BCUT2D eigenvalue weighted by Gasteiger charge is -2.28. The number of pyridine rings is 1. The topological polar surface area (TPSA) is 59.8 Å². The van der Waals surface area contributed by atoms with Crippen LogP contribution in [0.3, 0.4) is 0 Å². The normalized spacial score (nSPS) is 19.1. The minimum Gasteiger partial charge on any atom is -0.350 e. The van der Waals surface area contributed by atoms with Gasteiger partial charge in [-0.3, -0.25) is 9.36 Å². The minimum atomic E-state index is -4.32. The van der Waals surface area contributed by atoms with E-state index in [0.29, 0.717) is 42.5 Å². The van der Waals surface area contributed by atoms with E-state index in [-0.39, 0.29) is 23.2 Å². The van der Waals surface area contributed by atoms with E-state index < -0.39 is 11.6 Å². The van der Waals surface area contributed by atoms with Gasteiger partial charge in [-0.05, 0) is 48.6 Å². The molecule has 2 aromatic heterocycles. The molecule has 194 valence electrons. The van der Waals surface area contributed by atoms with Crippen LogP contribution in [0.15, 0.2) is 12.3 Å². The lowest BCUT2D eigenvalue weighted by Crippen LogP contribution is -2.34. The number of alkyl halides is 3. The summed E-state index contributed by atoms with van der Waals surface area (Å²) in [7, 11) is 0. The van der Waals surface area contributed by atoms with Crippen molar-refractivity contribution in [3.05, 3.63) is 40.1 Å². The summed E-state index contributed by atoms with van der Waals surface area (Å²) < 4.78 is 41.8. The van der Waals surface area contributed by atoms with Crippen molar-refractivity contribution in [3.8, 4) is 5.82 Å². The summed E-state index contributed by atoms with van der Waals surface area (Å²) in [6, 6.07) is 1.75. The molecule has 0 aromatic carbocycles. The number of aryl methyl sites for hydroxylation is 2. The molecule has 2 aromatic rings. The van der Waals surface area contributed by atoms with E-state index in [9.17, 15) is 18.0 Å². The zero-order valence-corrected chi connectivity index (χ0v) is 22.0. The van der Waals surface area contributed by atoms with Gasteiger partial charge < -0.3 is 5.32 Å². The van der Waals surface area contributed by atoms with Gasteiger partial charge in [0.05, 0.1) is 5.41 Å². The van der Waals surface area contributed by atoms with Crippen LogP contribution < -0.4 is 5.32 Å². The predicted molar refractivity (Wildman–Crippen MR) is 132 cm³/mol. The van der Waals surface area contributed by atoms with Crippen molar-refractivity contribution in [1.82, 2.24) is 19.9 Å². The lowest BCUT2D eigenvalue weighted by molar-refractivity contribution is -0.211. The summed E-state index contributed by atoms with van der Waals surface area (Å²) >= 11 is 6.66. The molecule has 1 N–H and O–H groups in total. The van der Waals surface area contributed by atoms with E-state index in [0.717, 1.165) is 24.3 Å². The molecule has 0 bridgehead atoms. The van der Waals surface area contributed by atoms with Gasteiger partial charge in [-0.1, -0.05) is 65.1 Å². The molecule has 5 nitrogen and oxygen atoms in total. The van der Waals surface area contributed by atoms with Crippen LogP contribution in [0.1, 0.15) is 87.7 Å². The average molecular weight is 513 g/mol. The predicted octanol–water partition coefficient (Wildman–Crippen LogP) is 6.73. The van der Waals surface area contributed by atoms with E-state index in [4.69, 9.17) is 11.6 Å². The number of carbonyl (C=O) groups excluding carboxylic acids is 1. The number of aromatic nitrogens is 3. The van der Waals surface area contributed by atoms with E-state index >= 15 is 0 Å². The van der Waals surface area contributed by atoms with E-state index in [1.54, 1.807) is 10.6 Å². The number of nitrogens with one attached hydrogen (secondary N) is 1. The standard InChI is InChI=1S/C26H36ClF3N4O/c1-6-19-12-18(13-25(4,5)26(28,29)30)15-31-23(19)34-20(7-2)33-21(22(34)27)24(35)32-14-17-10-8-16(3)9-11-17/h12,15-17H,6-11,13-14H2,1-5H3,(H,32,35). The summed E-state index contributed by atoms with van der Waals surface area (Å²) in [5, 5.41) is 3.16. The first kappa shape index (κ1) is 27.5. The van der Waals surface area contributed by atoms with Gasteiger partial charge in [0.15, 0.2) is 5.69 Å². The number of carbonyl (C=O) groups is 1. The Morgan fingerprint density at radius 3 is 2.40 bits per heavy atom. The van der Waals surface area contributed by atoms with Crippen molar-refractivity contribution in [2.45, 2.75) is 85.7 Å². The zero-order chi connectivity index (χ0) is 26.0. The highest BCUT2D eigenvalue weighted by atomic mass is 35.5. The van der Waals surface area contributed by atoms with Crippen LogP contribution in [0.2, 0.25) is 5.15 Å². The fourth-order valence-corrected chi connectivity index (χ4v) is 4.92. The van der Waals surface area contributed by atoms with Gasteiger partial charge in [0.2, 0.25) is 0 Å². The van der Waals surface area contributed by atoms with Gasteiger partial charge in [0.25, 0.3) is 5.91 Å². The molecule has 1 aliphatic rings. The first-order valence-corrected chi connectivity index (χ1v) is 12.9. The highest BCUT2D eigenvalue weighted by Crippen LogP contribution is 2.40. The van der Waals surface area contributed by atoms with Crippen LogP contribution in [-0.4, -0.2) is 33.2 Å². The molecule has 1 saturated carbocycles. The Morgan fingerprint density at radius 2 is 1.83 bits per heavy atom. The van der Waals surface area contributed by atoms with Gasteiger partial charge in [-0.15, -0.1) is 0 Å². The Balaban J connectivity index is 1.86. The lowest BCUT2D eigenvalue weighted by atomic mass is 9.83. The van der Waals surface area contributed by atoms with Gasteiger partial charge in [0.1, 0.15) is 16.8 Å². The van der Waals surface area contributed by atoms with Crippen LogP contribution in [0, 0.1) is 17.3 Å². The quantitative estimate of drug-likeness (QED) is 0.426. The molecule has 1 fully saturated rings. The number of imidazole rings is 1. The minimum absolute atomic E-state index is 0.152. The number of rotatable bonds is 8. The van der Waals surface area contributed by atoms with E-state index in [1.165, 1.54) is 32.9 Å². The Morgan fingerprint density at radius 1 is 1.17 bits per heavy atom. The van der Waals surface area contributed by atoms with Crippen molar-refractivity contribution in [3.63, 3.8) is 0 Å². The monoisotopic (exact) mass is 512 g/mol. The summed E-state index contributed by atoms with van der Waals surface area (Å²) in [5.41, 5.74) is -0.470. The fraction of sp³-hybridized carbons (Fsp3) is 0.654. The summed E-state index contributed by atoms with van der Waals surface area (Å²) in [6.45, 7) is 9.05. The number of amides is 1. The molecular formula is C26H36ClF3N4O. The van der Waals surface area contributed by atoms with Gasteiger partial charge in [-0.25, -0.2) is 9.97 Å². The van der Waals surface area contributed by atoms with Crippen molar-refractivity contribution >= 4 is 17.5 Å². The number of hydrogen-bond acceptors (Lipinski definition) is 3. The van der Waals surface area contributed by atoms with Crippen molar-refractivity contribution in [2.24, 2.45) is 17.3 Å². The highest BCUT2D eigenvalue weighted by Gasteiger charge is 2.47. The van der Waals surface area contributed by atoms with Crippen LogP contribution in [-0.2, 0) is 19.3 Å². The Kier molecular flexibility index (Phi) is 8.56. The van der Waals surface area contributed by atoms with Crippen molar-refractivity contribution in [2.75, 3.05) is 6.54 Å². The molecular weight excluding hydrogens is 477 g/mol. The Labute approximate surface area is 210 Å². The van der Waals surface area contributed by atoms with Gasteiger partial charge >= 0.3 is 6.18 Å². The molecule has 0 unspecified atom stereocenters. The largest absolute Gasteiger partial charge is 0.394 e. The first-order valence-electron chi connectivity index (χ1n) is 12.5. The zero-order valence-electron chi connectivity index (χ0n) is 21.2. The molecule has 35 heavy (non-hydrogen) atoms. The molecule has 0 atom stereocenters. The van der Waals surface area contributed by atoms with Crippen LogP contribution >= 0.6 is 11.6 Å². The highest BCUT2D eigenvalue weighted by molar-refractivity contribution is 6.32. The van der Waals surface area contributed by atoms with Gasteiger partial charge in [-0.2, -0.15) is 13.2 Å². The molecule has 0 aliphatic heterocycles. The molecule has 9 heteroatoms. The van der Waals surface area contributed by atoms with Crippen LogP contribution in [0.25, 0.3) is 5.82 Å². The third-order valence-electron chi connectivity index (χ3n) is 7.11. The SMILES string of the molecule is CCc1cc(CC(C)(C)C(F)(F)F)cnc1-n1c(CC)nc(C(=O)NCC2CCC(C)CC2)c1Cl. The second kappa shape index (κ2) is 10.9. The molecule has 1 aliphatic carbocycles. The number of halogens is 4. The third-order valence-corrected chi connectivity index (χ3v) is 7.46. The molecule has 0 saturated heterocycles.